The van der Waals surface area contributed by atoms with Gasteiger partial charge in [-0.05, 0) is 73.0 Å². The highest BCUT2D eigenvalue weighted by atomic mass is 35.5. The number of thiazole rings is 1. The van der Waals surface area contributed by atoms with Crippen LogP contribution in [0.4, 0.5) is 5.13 Å². The highest BCUT2D eigenvalue weighted by Gasteiger charge is 2.48. The molecule has 5 rings (SSSR count). The van der Waals surface area contributed by atoms with Gasteiger partial charge in [0.25, 0.3) is 5.78 Å². The molecular weight excluding hydrogens is 496 g/mol. The molecule has 1 fully saturated rings. The monoisotopic (exact) mass is 518 g/mol. The quantitative estimate of drug-likeness (QED) is 0.178. The molecule has 36 heavy (non-hydrogen) atoms. The average Bonchev–Trinajstić information content (AvgIpc) is 3.42. The van der Waals surface area contributed by atoms with Gasteiger partial charge in [-0.1, -0.05) is 48.1 Å². The molecule has 1 saturated heterocycles. The van der Waals surface area contributed by atoms with Gasteiger partial charge in [0.05, 0.1) is 28.4 Å². The smallest absolute Gasteiger partial charge is 0.301 e. The number of amides is 1. The van der Waals surface area contributed by atoms with Crippen molar-refractivity contribution in [3.63, 3.8) is 0 Å². The third kappa shape index (κ3) is 4.25. The molecule has 1 aromatic heterocycles. The molecule has 8 heteroatoms. The first kappa shape index (κ1) is 24.0. The van der Waals surface area contributed by atoms with Gasteiger partial charge < -0.3 is 9.84 Å². The summed E-state index contributed by atoms with van der Waals surface area (Å²) < 4.78 is 6.49. The average molecular weight is 519 g/mol. The number of fused-ring (bicyclic) bond motifs is 1. The highest BCUT2D eigenvalue weighted by molar-refractivity contribution is 7.22. The number of Topliss-reactive ketones (excluding diaryl/α,β-unsaturated/α-hetero) is 1. The van der Waals surface area contributed by atoms with E-state index in [1.807, 2.05) is 25.1 Å². The van der Waals surface area contributed by atoms with Crippen LogP contribution in [0.3, 0.4) is 0 Å². The number of hydrogen-bond donors (Lipinski definition) is 1. The van der Waals surface area contributed by atoms with Gasteiger partial charge in [-0.15, -0.1) is 0 Å². The van der Waals surface area contributed by atoms with Crippen molar-refractivity contribution in [1.29, 1.82) is 0 Å². The Morgan fingerprint density at radius 2 is 1.78 bits per heavy atom. The van der Waals surface area contributed by atoms with Crippen LogP contribution in [-0.4, -0.2) is 28.4 Å². The molecule has 1 aliphatic heterocycles. The lowest BCUT2D eigenvalue weighted by molar-refractivity contribution is -0.132. The Balaban J connectivity index is 1.69. The summed E-state index contributed by atoms with van der Waals surface area (Å²) in [6.45, 7) is 4.48. The number of hydrogen-bond acceptors (Lipinski definition) is 6. The number of benzene rings is 3. The number of nitrogens with zero attached hydrogens (tertiary/aromatic N) is 2. The van der Waals surface area contributed by atoms with E-state index in [0.29, 0.717) is 33.6 Å². The second kappa shape index (κ2) is 9.76. The van der Waals surface area contributed by atoms with Crippen molar-refractivity contribution in [2.45, 2.75) is 26.3 Å². The van der Waals surface area contributed by atoms with E-state index >= 15 is 0 Å². The molecule has 4 aromatic rings. The molecule has 2 heterocycles. The number of aliphatic hydroxyl groups is 1. The zero-order chi connectivity index (χ0) is 25.4. The van der Waals surface area contributed by atoms with E-state index in [2.05, 4.69) is 11.9 Å². The molecule has 1 aliphatic rings. The van der Waals surface area contributed by atoms with Gasteiger partial charge in [-0.2, -0.15) is 0 Å². The summed E-state index contributed by atoms with van der Waals surface area (Å²) in [5, 5.41) is 12.1. The summed E-state index contributed by atoms with van der Waals surface area (Å²) in [7, 11) is 0. The Labute approximate surface area is 217 Å². The molecular formula is C28H23ClN2O4S. The highest BCUT2D eigenvalue weighted by Crippen LogP contribution is 2.44. The van der Waals surface area contributed by atoms with Crippen molar-refractivity contribution in [3.05, 3.63) is 94.0 Å². The van der Waals surface area contributed by atoms with Crippen LogP contribution >= 0.6 is 22.9 Å². The Morgan fingerprint density at radius 3 is 2.44 bits per heavy atom. The molecule has 1 unspecified atom stereocenters. The first-order valence-electron chi connectivity index (χ1n) is 11.6. The van der Waals surface area contributed by atoms with Crippen LogP contribution in [0.1, 0.15) is 36.6 Å². The van der Waals surface area contributed by atoms with Crippen LogP contribution in [0.5, 0.6) is 5.75 Å². The zero-order valence-electron chi connectivity index (χ0n) is 19.7. The van der Waals surface area contributed by atoms with E-state index in [1.54, 1.807) is 48.5 Å². The van der Waals surface area contributed by atoms with Gasteiger partial charge in [-0.3, -0.25) is 14.5 Å². The number of carbonyl (C=O) groups is 2. The van der Waals surface area contributed by atoms with Crippen molar-refractivity contribution < 1.29 is 19.4 Å². The number of aliphatic hydroxyl groups excluding tert-OH is 1. The number of halogens is 1. The van der Waals surface area contributed by atoms with Crippen molar-refractivity contribution >= 4 is 55.7 Å². The van der Waals surface area contributed by atoms with Crippen LogP contribution in [0.15, 0.2) is 72.3 Å². The Hall–Kier alpha value is -3.68. The van der Waals surface area contributed by atoms with Gasteiger partial charge in [-0.25, -0.2) is 4.98 Å². The molecule has 0 aliphatic carbocycles. The first-order valence-corrected chi connectivity index (χ1v) is 12.8. The minimum Gasteiger partial charge on any atom is -0.507 e. The van der Waals surface area contributed by atoms with Crippen molar-refractivity contribution in [2.75, 3.05) is 11.5 Å². The third-order valence-electron chi connectivity index (χ3n) is 6.12. The number of rotatable bonds is 6. The first-order chi connectivity index (χ1) is 17.4. The second-order valence-electron chi connectivity index (χ2n) is 8.33. The molecule has 0 spiro atoms. The van der Waals surface area contributed by atoms with Crippen LogP contribution in [0.25, 0.3) is 16.0 Å². The molecule has 1 amide bonds. The number of anilines is 1. The second-order valence-corrected chi connectivity index (χ2v) is 9.78. The summed E-state index contributed by atoms with van der Waals surface area (Å²) in [6.07, 6.45) is 0.876. The van der Waals surface area contributed by atoms with Gasteiger partial charge in [0.1, 0.15) is 11.5 Å². The summed E-state index contributed by atoms with van der Waals surface area (Å²) in [5.41, 5.74) is 2.95. The Kier molecular flexibility index (Phi) is 6.51. The van der Waals surface area contributed by atoms with Crippen LogP contribution in [0, 0.1) is 0 Å². The Morgan fingerprint density at radius 1 is 1.06 bits per heavy atom. The van der Waals surface area contributed by atoms with E-state index in [-0.39, 0.29) is 11.3 Å². The fourth-order valence-electron chi connectivity index (χ4n) is 4.30. The molecule has 1 atom stereocenters. The van der Waals surface area contributed by atoms with Crippen LogP contribution < -0.4 is 9.64 Å². The summed E-state index contributed by atoms with van der Waals surface area (Å²) >= 11 is 7.36. The predicted molar refractivity (Wildman–Crippen MR) is 143 cm³/mol. The minimum absolute atomic E-state index is 0.0000133. The number of aromatic nitrogens is 1. The normalized spacial score (nSPS) is 17.2. The zero-order valence-corrected chi connectivity index (χ0v) is 21.3. The summed E-state index contributed by atoms with van der Waals surface area (Å²) in [6, 6.07) is 18.8. The van der Waals surface area contributed by atoms with E-state index in [9.17, 15) is 14.7 Å². The Bertz CT molecular complexity index is 1490. The van der Waals surface area contributed by atoms with E-state index in [0.717, 1.165) is 22.2 Å². The topological polar surface area (TPSA) is 79.7 Å². The molecule has 6 nitrogen and oxygen atoms in total. The van der Waals surface area contributed by atoms with Gasteiger partial charge in [0.15, 0.2) is 5.13 Å². The van der Waals surface area contributed by atoms with E-state index in [1.165, 1.54) is 16.2 Å². The standard InChI is InChI=1S/C28H23ClN2O4S/c1-3-16-5-14-21-22(15-16)36-28(30-21)31-24(17-8-12-20(13-9-17)35-4-2)23(26(33)27(31)34)25(32)18-6-10-19(29)11-7-18/h5-15,24,32H,3-4H2,1-2H3. The molecule has 0 radical (unpaired) electrons. The molecule has 182 valence electrons. The van der Waals surface area contributed by atoms with Crippen molar-refractivity contribution in [2.24, 2.45) is 0 Å². The lowest BCUT2D eigenvalue weighted by Crippen LogP contribution is -2.29. The molecule has 0 saturated carbocycles. The minimum atomic E-state index is -0.859. The molecule has 0 bridgehead atoms. The molecule has 3 aromatic carbocycles. The largest absolute Gasteiger partial charge is 0.507 e. The maximum atomic E-state index is 13.4. The number of ketones is 1. The van der Waals surface area contributed by atoms with Crippen molar-refractivity contribution in [3.8, 4) is 5.75 Å². The predicted octanol–water partition coefficient (Wildman–Crippen LogP) is 6.54. The van der Waals surface area contributed by atoms with Gasteiger partial charge >= 0.3 is 5.91 Å². The lowest BCUT2D eigenvalue weighted by atomic mass is 9.95. The fourth-order valence-corrected chi connectivity index (χ4v) is 5.48. The summed E-state index contributed by atoms with van der Waals surface area (Å²) in [4.78, 5) is 32.8. The van der Waals surface area contributed by atoms with Crippen LogP contribution in [0.2, 0.25) is 5.02 Å². The number of aryl methyl sites for hydroxylation is 1. The van der Waals surface area contributed by atoms with Crippen molar-refractivity contribution in [1.82, 2.24) is 4.98 Å². The molecule has 1 N–H and O–H groups in total. The summed E-state index contributed by atoms with van der Waals surface area (Å²) in [5.74, 6) is -1.10. The van der Waals surface area contributed by atoms with E-state index in [4.69, 9.17) is 16.3 Å². The number of carbonyl (C=O) groups excluding carboxylic acids is 2. The lowest BCUT2D eigenvalue weighted by Gasteiger charge is -2.23. The van der Waals surface area contributed by atoms with Crippen LogP contribution in [-0.2, 0) is 16.0 Å². The SMILES string of the molecule is CCOc1ccc(C2C(=C(O)c3ccc(Cl)cc3)C(=O)C(=O)N2c2nc3ccc(CC)cc3s2)cc1. The maximum Gasteiger partial charge on any atom is 0.301 e. The van der Waals surface area contributed by atoms with Gasteiger partial charge in [0.2, 0.25) is 0 Å². The third-order valence-corrected chi connectivity index (χ3v) is 7.39. The maximum absolute atomic E-state index is 13.4. The fraction of sp³-hybridized carbons (Fsp3) is 0.179. The van der Waals surface area contributed by atoms with Gasteiger partial charge in [0, 0.05) is 10.6 Å². The number of ether oxygens (including phenoxy) is 1. The van der Waals surface area contributed by atoms with E-state index < -0.39 is 17.7 Å².